The van der Waals surface area contributed by atoms with Crippen LogP contribution in [0.25, 0.3) is 10.2 Å². The Morgan fingerprint density at radius 1 is 1.46 bits per heavy atom. The number of para-hydroxylation sites is 1. The Balaban J connectivity index is 0.000000845. The van der Waals surface area contributed by atoms with E-state index in [1.165, 1.54) is 4.70 Å². The molecule has 0 aliphatic rings. The maximum absolute atomic E-state index is 5.76. The Bertz CT molecular complexity index is 413. The Kier molecular flexibility index (Phi) is 3.41. The largest absolute Gasteiger partial charge is 0.397 e. The van der Waals surface area contributed by atoms with Crippen LogP contribution in [0.1, 0.15) is 0 Å². The molecule has 0 aliphatic carbocycles. The molecule has 0 atom stereocenters. The fraction of sp³-hybridized carbons (Fsp3) is 0.125. The number of nitrogens with zero attached hydrogens (tertiary/aromatic N) is 1. The summed E-state index contributed by atoms with van der Waals surface area (Å²) >= 11 is 3.34. The van der Waals surface area contributed by atoms with E-state index in [9.17, 15) is 0 Å². The van der Waals surface area contributed by atoms with Gasteiger partial charge < -0.3 is 5.73 Å². The third-order valence-electron chi connectivity index (χ3n) is 1.61. The molecule has 2 nitrogen and oxygen atoms in total. The molecular weight excluding hydrogens is 224 g/mol. The molecule has 0 bridgehead atoms. The van der Waals surface area contributed by atoms with Crippen molar-refractivity contribution in [3.05, 3.63) is 18.2 Å². The van der Waals surface area contributed by atoms with Gasteiger partial charge in [-0.3, -0.25) is 0 Å². The van der Waals surface area contributed by atoms with Gasteiger partial charge in [-0.2, -0.15) is 0 Å². The predicted octanol–water partition coefficient (Wildman–Crippen LogP) is 3.02. The zero-order valence-corrected chi connectivity index (χ0v) is 9.43. The molecule has 1 heterocycles. The van der Waals surface area contributed by atoms with E-state index in [4.69, 9.17) is 5.73 Å². The lowest BCUT2D eigenvalue weighted by Crippen LogP contribution is -1.84. The van der Waals surface area contributed by atoms with Gasteiger partial charge in [-0.05, 0) is 18.4 Å². The number of aromatic nitrogens is 1. The van der Waals surface area contributed by atoms with Crippen molar-refractivity contribution in [1.29, 1.82) is 0 Å². The first-order valence-corrected chi connectivity index (χ1v) is 5.54. The molecule has 2 rings (SSSR count). The average molecular weight is 233 g/mol. The molecule has 2 aromatic rings. The number of thiazole rings is 1. The number of halogens is 1. The third kappa shape index (κ3) is 1.90. The zero-order chi connectivity index (χ0) is 8.55. The highest BCUT2D eigenvalue weighted by molar-refractivity contribution is 8.00. The number of anilines is 1. The smallest absolute Gasteiger partial charge is 0.150 e. The summed E-state index contributed by atoms with van der Waals surface area (Å²) in [6.45, 7) is 0. The Labute approximate surface area is 91.0 Å². The molecule has 1 aromatic heterocycles. The minimum Gasteiger partial charge on any atom is -0.397 e. The first kappa shape index (κ1) is 10.6. The van der Waals surface area contributed by atoms with Gasteiger partial charge >= 0.3 is 0 Å². The third-order valence-corrected chi connectivity index (χ3v) is 3.61. The summed E-state index contributed by atoms with van der Waals surface area (Å²) in [7, 11) is 0. The van der Waals surface area contributed by atoms with Crippen LogP contribution in [0.3, 0.4) is 0 Å². The summed E-state index contributed by atoms with van der Waals surface area (Å²) in [5.74, 6) is 0. The number of hydrogen-bond acceptors (Lipinski definition) is 4. The molecule has 2 N–H and O–H groups in total. The first-order chi connectivity index (χ1) is 5.81. The van der Waals surface area contributed by atoms with Crippen LogP contribution < -0.4 is 5.73 Å². The standard InChI is InChI=1S/C8H8N2S2.ClH/c1-11-8-10-7-5(9)3-2-4-6(7)12-8;/h2-4H,9H2,1H3;1H. The number of thioether (sulfide) groups is 1. The molecule has 13 heavy (non-hydrogen) atoms. The molecule has 0 radical (unpaired) electrons. The van der Waals surface area contributed by atoms with Crippen molar-refractivity contribution in [2.45, 2.75) is 4.34 Å². The van der Waals surface area contributed by atoms with Gasteiger partial charge in [0, 0.05) is 0 Å². The summed E-state index contributed by atoms with van der Waals surface area (Å²) < 4.78 is 2.24. The van der Waals surface area contributed by atoms with Gasteiger partial charge in [-0.15, -0.1) is 23.7 Å². The zero-order valence-electron chi connectivity index (χ0n) is 6.98. The van der Waals surface area contributed by atoms with E-state index in [0.717, 1.165) is 15.5 Å². The number of fused-ring (bicyclic) bond motifs is 1. The van der Waals surface area contributed by atoms with Crippen LogP contribution in [0.4, 0.5) is 5.69 Å². The highest BCUT2D eigenvalue weighted by atomic mass is 35.5. The first-order valence-electron chi connectivity index (χ1n) is 3.50. The second-order valence-electron chi connectivity index (χ2n) is 2.38. The normalized spacial score (nSPS) is 9.92. The quantitative estimate of drug-likeness (QED) is 0.607. The predicted molar refractivity (Wildman–Crippen MR) is 63.1 cm³/mol. The van der Waals surface area contributed by atoms with Gasteiger partial charge in [0.1, 0.15) is 5.52 Å². The van der Waals surface area contributed by atoms with Crippen molar-refractivity contribution < 1.29 is 0 Å². The summed E-state index contributed by atoms with van der Waals surface area (Å²) in [5.41, 5.74) is 7.46. The molecule has 0 saturated carbocycles. The highest BCUT2D eigenvalue weighted by Gasteiger charge is 2.03. The monoisotopic (exact) mass is 232 g/mol. The average Bonchev–Trinajstić information content (AvgIpc) is 2.49. The number of nitrogens with two attached hydrogens (primary N) is 1. The van der Waals surface area contributed by atoms with Crippen LogP contribution >= 0.6 is 35.5 Å². The fourth-order valence-electron chi connectivity index (χ4n) is 1.04. The fourth-order valence-corrected chi connectivity index (χ4v) is 2.55. The van der Waals surface area contributed by atoms with E-state index >= 15 is 0 Å². The highest BCUT2D eigenvalue weighted by Crippen LogP contribution is 2.30. The lowest BCUT2D eigenvalue weighted by molar-refractivity contribution is 1.31. The van der Waals surface area contributed by atoms with Crippen LogP contribution in [0, 0.1) is 0 Å². The summed E-state index contributed by atoms with van der Waals surface area (Å²) in [5, 5.41) is 0. The van der Waals surface area contributed by atoms with Gasteiger partial charge in [0.2, 0.25) is 0 Å². The SMILES string of the molecule is CSc1nc2c(N)cccc2s1.Cl. The van der Waals surface area contributed by atoms with Gasteiger partial charge in [0.25, 0.3) is 0 Å². The van der Waals surface area contributed by atoms with Gasteiger partial charge in [-0.1, -0.05) is 17.8 Å². The molecule has 0 spiro atoms. The van der Waals surface area contributed by atoms with E-state index in [2.05, 4.69) is 4.98 Å². The van der Waals surface area contributed by atoms with Crippen molar-refractivity contribution in [2.75, 3.05) is 12.0 Å². The topological polar surface area (TPSA) is 38.9 Å². The molecule has 0 saturated heterocycles. The number of rotatable bonds is 1. The summed E-state index contributed by atoms with van der Waals surface area (Å²) in [4.78, 5) is 4.39. The molecule has 0 fully saturated rings. The summed E-state index contributed by atoms with van der Waals surface area (Å²) in [6.07, 6.45) is 2.02. The van der Waals surface area contributed by atoms with Crippen molar-refractivity contribution >= 4 is 51.4 Å². The molecule has 0 aliphatic heterocycles. The van der Waals surface area contributed by atoms with Gasteiger partial charge in [-0.25, -0.2) is 4.98 Å². The van der Waals surface area contributed by atoms with Crippen LogP contribution in [0.5, 0.6) is 0 Å². The Morgan fingerprint density at radius 2 is 2.23 bits per heavy atom. The lowest BCUT2D eigenvalue weighted by Gasteiger charge is -1.90. The van der Waals surface area contributed by atoms with Crippen LogP contribution in [-0.2, 0) is 0 Å². The number of hydrogen-bond donors (Lipinski definition) is 1. The van der Waals surface area contributed by atoms with Crippen molar-refractivity contribution in [1.82, 2.24) is 4.98 Å². The van der Waals surface area contributed by atoms with Crippen LogP contribution in [0.15, 0.2) is 22.5 Å². The van der Waals surface area contributed by atoms with Crippen LogP contribution in [-0.4, -0.2) is 11.2 Å². The molecule has 0 amide bonds. The number of nitrogen functional groups attached to an aromatic ring is 1. The van der Waals surface area contributed by atoms with E-state index in [0.29, 0.717) is 0 Å². The minimum atomic E-state index is 0. The second-order valence-corrected chi connectivity index (χ2v) is 4.46. The van der Waals surface area contributed by atoms with Crippen LogP contribution in [0.2, 0.25) is 0 Å². The van der Waals surface area contributed by atoms with E-state index in [1.54, 1.807) is 23.1 Å². The molecule has 70 valence electrons. The molecule has 1 aromatic carbocycles. The number of benzene rings is 1. The maximum atomic E-state index is 5.76. The van der Waals surface area contributed by atoms with E-state index in [-0.39, 0.29) is 12.4 Å². The lowest BCUT2D eigenvalue weighted by atomic mass is 10.3. The van der Waals surface area contributed by atoms with Crippen molar-refractivity contribution in [3.63, 3.8) is 0 Å². The van der Waals surface area contributed by atoms with E-state index < -0.39 is 0 Å². The molecule has 5 heteroatoms. The maximum Gasteiger partial charge on any atom is 0.150 e. The second kappa shape index (κ2) is 4.17. The minimum absolute atomic E-state index is 0. The Morgan fingerprint density at radius 3 is 2.85 bits per heavy atom. The van der Waals surface area contributed by atoms with Crippen molar-refractivity contribution in [3.8, 4) is 0 Å². The Hall–Kier alpha value is -0.450. The van der Waals surface area contributed by atoms with Gasteiger partial charge in [0.05, 0.1) is 10.4 Å². The molecule has 0 unspecified atom stereocenters. The van der Waals surface area contributed by atoms with Gasteiger partial charge in [0.15, 0.2) is 4.34 Å². The van der Waals surface area contributed by atoms with E-state index in [1.807, 2.05) is 24.5 Å². The van der Waals surface area contributed by atoms with Crippen molar-refractivity contribution in [2.24, 2.45) is 0 Å². The summed E-state index contributed by atoms with van der Waals surface area (Å²) in [6, 6.07) is 5.88. The molecular formula is C8H9ClN2S2.